The van der Waals surface area contributed by atoms with Crippen LogP contribution < -0.4 is 0 Å². The van der Waals surface area contributed by atoms with Crippen LogP contribution in [-0.4, -0.2) is 25.6 Å². The van der Waals surface area contributed by atoms with E-state index in [4.69, 9.17) is 5.11 Å². The molecule has 0 saturated heterocycles. The van der Waals surface area contributed by atoms with Crippen LogP contribution in [0.4, 0.5) is 0 Å². The van der Waals surface area contributed by atoms with Crippen molar-refractivity contribution in [1.29, 1.82) is 0 Å². The molecule has 0 bridgehead atoms. The lowest BCUT2D eigenvalue weighted by Crippen LogP contribution is -2.05. The molecule has 0 aromatic carbocycles. The highest BCUT2D eigenvalue weighted by molar-refractivity contribution is 5.85. The average Bonchev–Trinajstić information content (AvgIpc) is 2.64. The number of nitrogens with zero attached hydrogens (tertiary/aromatic N) is 3. The van der Waals surface area contributed by atoms with Gasteiger partial charge in [0.2, 0.25) is 0 Å². The van der Waals surface area contributed by atoms with Crippen LogP contribution in [0.1, 0.15) is 16.3 Å². The number of rotatable bonds is 2. The summed E-state index contributed by atoms with van der Waals surface area (Å²) in [6, 6.07) is 4.85. The Balaban J connectivity index is 2.50. The molecule has 0 spiro atoms. The van der Waals surface area contributed by atoms with Crippen molar-refractivity contribution in [1.82, 2.24) is 14.5 Å². The minimum Gasteiger partial charge on any atom is -0.477 e. The Labute approximate surface area is 86.0 Å². The number of carboxylic acid groups (broad SMARTS) is 1. The van der Waals surface area contributed by atoms with Gasteiger partial charge in [-0.3, -0.25) is 4.57 Å². The summed E-state index contributed by atoms with van der Waals surface area (Å²) in [6.45, 7) is 1.83. The van der Waals surface area contributed by atoms with Gasteiger partial charge in [0.05, 0.1) is 0 Å². The van der Waals surface area contributed by atoms with E-state index in [2.05, 4.69) is 9.97 Å². The summed E-state index contributed by atoms with van der Waals surface area (Å²) < 4.78 is 1.73. The van der Waals surface area contributed by atoms with Gasteiger partial charge in [0.1, 0.15) is 11.6 Å². The van der Waals surface area contributed by atoms with Gasteiger partial charge in [0.25, 0.3) is 0 Å². The zero-order valence-electron chi connectivity index (χ0n) is 8.08. The van der Waals surface area contributed by atoms with E-state index in [9.17, 15) is 4.79 Å². The zero-order valence-corrected chi connectivity index (χ0v) is 8.08. The molecule has 2 heterocycles. The van der Waals surface area contributed by atoms with Crippen LogP contribution in [0, 0.1) is 6.92 Å². The quantitative estimate of drug-likeness (QED) is 0.798. The molecule has 0 aliphatic rings. The van der Waals surface area contributed by atoms with Crippen molar-refractivity contribution in [3.63, 3.8) is 0 Å². The third-order valence-corrected chi connectivity index (χ3v) is 2.03. The second kappa shape index (κ2) is 3.53. The fraction of sp³-hybridized carbons (Fsp3) is 0.100. The first kappa shape index (κ1) is 9.39. The SMILES string of the molecule is Cc1nccn1-c1cccc(C(=O)O)n1. The minimum atomic E-state index is -1.03. The number of carboxylic acids is 1. The maximum absolute atomic E-state index is 10.7. The van der Waals surface area contributed by atoms with Crippen molar-refractivity contribution in [3.8, 4) is 5.82 Å². The smallest absolute Gasteiger partial charge is 0.354 e. The second-order valence-electron chi connectivity index (χ2n) is 3.03. The van der Waals surface area contributed by atoms with E-state index in [1.54, 1.807) is 29.1 Å². The van der Waals surface area contributed by atoms with Gasteiger partial charge in [0.15, 0.2) is 5.69 Å². The third-order valence-electron chi connectivity index (χ3n) is 2.03. The average molecular weight is 203 g/mol. The van der Waals surface area contributed by atoms with Crippen LogP contribution in [0.15, 0.2) is 30.6 Å². The monoisotopic (exact) mass is 203 g/mol. The lowest BCUT2D eigenvalue weighted by atomic mass is 10.3. The van der Waals surface area contributed by atoms with Gasteiger partial charge < -0.3 is 5.11 Å². The molecule has 2 rings (SSSR count). The summed E-state index contributed by atoms with van der Waals surface area (Å²) in [7, 11) is 0. The first-order valence-electron chi connectivity index (χ1n) is 4.39. The first-order chi connectivity index (χ1) is 7.18. The Morgan fingerprint density at radius 1 is 1.47 bits per heavy atom. The van der Waals surface area contributed by atoms with Gasteiger partial charge in [-0.2, -0.15) is 0 Å². The number of aryl methyl sites for hydroxylation is 1. The standard InChI is InChI=1S/C10H9N3O2/c1-7-11-5-6-13(7)9-4-2-3-8(12-9)10(14)15/h2-6H,1H3,(H,14,15). The zero-order chi connectivity index (χ0) is 10.8. The molecule has 5 nitrogen and oxygen atoms in total. The van der Waals surface area contributed by atoms with E-state index in [0.717, 1.165) is 5.82 Å². The molecule has 5 heteroatoms. The first-order valence-corrected chi connectivity index (χ1v) is 4.39. The highest BCUT2D eigenvalue weighted by Gasteiger charge is 2.07. The second-order valence-corrected chi connectivity index (χ2v) is 3.03. The van der Waals surface area contributed by atoms with E-state index in [1.165, 1.54) is 6.07 Å². The van der Waals surface area contributed by atoms with E-state index < -0.39 is 5.97 Å². The fourth-order valence-electron chi connectivity index (χ4n) is 1.30. The Bertz CT molecular complexity index is 505. The van der Waals surface area contributed by atoms with Gasteiger partial charge in [-0.05, 0) is 19.1 Å². The predicted molar refractivity (Wildman–Crippen MR) is 53.1 cm³/mol. The lowest BCUT2D eigenvalue weighted by molar-refractivity contribution is 0.0690. The molecule has 0 atom stereocenters. The van der Waals surface area contributed by atoms with Crippen LogP contribution in [0.3, 0.4) is 0 Å². The third kappa shape index (κ3) is 1.71. The van der Waals surface area contributed by atoms with Crippen LogP contribution >= 0.6 is 0 Å². The number of carbonyl (C=O) groups is 1. The maximum atomic E-state index is 10.7. The molecule has 0 aliphatic carbocycles. The highest BCUT2D eigenvalue weighted by Crippen LogP contribution is 2.08. The van der Waals surface area contributed by atoms with Crippen molar-refractivity contribution < 1.29 is 9.90 Å². The van der Waals surface area contributed by atoms with Crippen molar-refractivity contribution in [3.05, 3.63) is 42.1 Å². The van der Waals surface area contributed by atoms with Crippen LogP contribution in [0.2, 0.25) is 0 Å². The van der Waals surface area contributed by atoms with Gasteiger partial charge in [-0.15, -0.1) is 0 Å². The Morgan fingerprint density at radius 2 is 2.27 bits per heavy atom. The maximum Gasteiger partial charge on any atom is 0.354 e. The van der Waals surface area contributed by atoms with Gasteiger partial charge in [0, 0.05) is 12.4 Å². The highest BCUT2D eigenvalue weighted by atomic mass is 16.4. The molecule has 0 radical (unpaired) electrons. The summed E-state index contributed by atoms with van der Waals surface area (Å²) in [5.41, 5.74) is 0.0283. The normalized spacial score (nSPS) is 10.2. The number of aromatic nitrogens is 3. The minimum absolute atomic E-state index is 0.0283. The topological polar surface area (TPSA) is 68.0 Å². The molecule has 76 valence electrons. The van der Waals surface area contributed by atoms with E-state index >= 15 is 0 Å². The number of hydrogen-bond acceptors (Lipinski definition) is 3. The van der Waals surface area contributed by atoms with E-state index in [-0.39, 0.29) is 5.69 Å². The van der Waals surface area contributed by atoms with Crippen molar-refractivity contribution in [2.75, 3.05) is 0 Å². The van der Waals surface area contributed by atoms with Gasteiger partial charge in [-0.1, -0.05) is 6.07 Å². The molecule has 0 amide bonds. The van der Waals surface area contributed by atoms with E-state index in [0.29, 0.717) is 5.82 Å². The molecule has 15 heavy (non-hydrogen) atoms. The number of imidazole rings is 1. The van der Waals surface area contributed by atoms with Crippen LogP contribution in [-0.2, 0) is 0 Å². The largest absolute Gasteiger partial charge is 0.477 e. The van der Waals surface area contributed by atoms with Crippen LogP contribution in [0.5, 0.6) is 0 Å². The van der Waals surface area contributed by atoms with Crippen LogP contribution in [0.25, 0.3) is 5.82 Å². The van der Waals surface area contributed by atoms with E-state index in [1.807, 2.05) is 6.92 Å². The Kier molecular flexibility index (Phi) is 2.21. The fourth-order valence-corrected chi connectivity index (χ4v) is 1.30. The van der Waals surface area contributed by atoms with Crippen molar-refractivity contribution >= 4 is 5.97 Å². The molecule has 0 unspecified atom stereocenters. The number of aromatic carboxylic acids is 1. The van der Waals surface area contributed by atoms with Crippen molar-refractivity contribution in [2.45, 2.75) is 6.92 Å². The Hall–Kier alpha value is -2.17. The number of pyridine rings is 1. The summed E-state index contributed by atoms with van der Waals surface area (Å²) in [5, 5.41) is 8.79. The molecule has 0 fully saturated rings. The summed E-state index contributed by atoms with van der Waals surface area (Å²) >= 11 is 0. The lowest BCUT2D eigenvalue weighted by Gasteiger charge is -2.03. The van der Waals surface area contributed by atoms with Gasteiger partial charge >= 0.3 is 5.97 Å². The molecular weight excluding hydrogens is 194 g/mol. The summed E-state index contributed by atoms with van der Waals surface area (Å²) in [4.78, 5) is 18.8. The molecule has 0 aliphatic heterocycles. The van der Waals surface area contributed by atoms with Crippen molar-refractivity contribution in [2.24, 2.45) is 0 Å². The summed E-state index contributed by atoms with van der Waals surface area (Å²) in [5.74, 6) is 0.296. The predicted octanol–water partition coefficient (Wildman–Crippen LogP) is 1.27. The molecular formula is C10H9N3O2. The van der Waals surface area contributed by atoms with Gasteiger partial charge in [-0.25, -0.2) is 14.8 Å². The summed E-state index contributed by atoms with van der Waals surface area (Å²) in [6.07, 6.45) is 3.38. The Morgan fingerprint density at radius 3 is 2.87 bits per heavy atom. The molecule has 1 N–H and O–H groups in total. The number of hydrogen-bond donors (Lipinski definition) is 1. The molecule has 0 saturated carbocycles. The molecule has 2 aromatic rings. The molecule has 2 aromatic heterocycles.